The van der Waals surface area contributed by atoms with Gasteiger partial charge in [0, 0.05) is 19.5 Å². The standard InChI is InChI=1S/C18H21N5O3/c1-2-14-19-12-5-3-4-6-13(12)23(14)11-15(24)22-9-7-18(8-10-22)16(25)20-17(26)21-18/h3-6H,2,7-11H2,1H3,(H2,20,21,25,26). The van der Waals surface area contributed by atoms with E-state index in [0.717, 1.165) is 23.3 Å². The minimum absolute atomic E-state index is 0.00225. The van der Waals surface area contributed by atoms with Crippen molar-refractivity contribution in [1.29, 1.82) is 0 Å². The summed E-state index contributed by atoms with van der Waals surface area (Å²) in [6.07, 6.45) is 1.61. The molecule has 2 aliphatic rings. The zero-order valence-corrected chi connectivity index (χ0v) is 14.6. The number of likely N-dealkylation sites (tertiary alicyclic amines) is 1. The first kappa shape index (κ1) is 16.6. The van der Waals surface area contributed by atoms with Gasteiger partial charge in [0.05, 0.1) is 11.0 Å². The van der Waals surface area contributed by atoms with Crippen LogP contribution in [-0.4, -0.2) is 50.9 Å². The number of imidazole rings is 1. The van der Waals surface area contributed by atoms with Crippen molar-refractivity contribution in [3.63, 3.8) is 0 Å². The predicted molar refractivity (Wildman–Crippen MR) is 94.3 cm³/mol. The van der Waals surface area contributed by atoms with Crippen LogP contribution in [0.2, 0.25) is 0 Å². The molecule has 1 spiro atoms. The number of imide groups is 1. The van der Waals surface area contributed by atoms with Crippen LogP contribution in [0.4, 0.5) is 4.79 Å². The smallest absolute Gasteiger partial charge is 0.322 e. The predicted octanol–water partition coefficient (Wildman–Crippen LogP) is 0.799. The molecule has 0 bridgehead atoms. The summed E-state index contributed by atoms with van der Waals surface area (Å²) in [6.45, 7) is 3.14. The van der Waals surface area contributed by atoms with Crippen LogP contribution >= 0.6 is 0 Å². The van der Waals surface area contributed by atoms with E-state index in [4.69, 9.17) is 0 Å². The first-order valence-corrected chi connectivity index (χ1v) is 8.88. The van der Waals surface area contributed by atoms with E-state index in [-0.39, 0.29) is 18.4 Å². The SMILES string of the molecule is CCc1nc2ccccc2n1CC(=O)N1CCC2(CC1)NC(=O)NC2=O. The molecule has 2 aliphatic heterocycles. The van der Waals surface area contributed by atoms with Gasteiger partial charge in [-0.1, -0.05) is 19.1 Å². The molecule has 0 aliphatic carbocycles. The molecule has 136 valence electrons. The van der Waals surface area contributed by atoms with Crippen molar-refractivity contribution < 1.29 is 14.4 Å². The second-order valence-electron chi connectivity index (χ2n) is 6.83. The molecule has 2 fully saturated rings. The van der Waals surface area contributed by atoms with Gasteiger partial charge < -0.3 is 14.8 Å². The van der Waals surface area contributed by atoms with Gasteiger partial charge in [0.1, 0.15) is 17.9 Å². The molecule has 8 heteroatoms. The minimum Gasteiger partial charge on any atom is -0.341 e. The molecule has 2 saturated heterocycles. The zero-order valence-electron chi connectivity index (χ0n) is 14.6. The third-order valence-corrected chi connectivity index (χ3v) is 5.33. The van der Waals surface area contributed by atoms with Crippen molar-refractivity contribution in [3.05, 3.63) is 30.1 Å². The van der Waals surface area contributed by atoms with E-state index in [1.54, 1.807) is 4.90 Å². The topological polar surface area (TPSA) is 96.3 Å². The number of hydrogen-bond acceptors (Lipinski definition) is 4. The highest BCUT2D eigenvalue weighted by molar-refractivity contribution is 6.07. The molecule has 8 nitrogen and oxygen atoms in total. The molecule has 4 amide bonds. The molecule has 26 heavy (non-hydrogen) atoms. The Morgan fingerprint density at radius 3 is 2.62 bits per heavy atom. The van der Waals surface area contributed by atoms with Gasteiger partial charge in [0.25, 0.3) is 5.91 Å². The monoisotopic (exact) mass is 355 g/mol. The Balaban J connectivity index is 1.49. The van der Waals surface area contributed by atoms with Gasteiger partial charge >= 0.3 is 6.03 Å². The third-order valence-electron chi connectivity index (χ3n) is 5.33. The quantitative estimate of drug-likeness (QED) is 0.796. The number of aromatic nitrogens is 2. The molecule has 1 aromatic carbocycles. The normalized spacial score (nSPS) is 19.0. The highest BCUT2D eigenvalue weighted by Crippen LogP contribution is 2.26. The Morgan fingerprint density at radius 1 is 1.23 bits per heavy atom. The highest BCUT2D eigenvalue weighted by atomic mass is 16.2. The number of carbonyl (C=O) groups excluding carboxylic acids is 3. The molecule has 4 rings (SSSR count). The van der Waals surface area contributed by atoms with E-state index in [0.29, 0.717) is 25.9 Å². The van der Waals surface area contributed by atoms with Crippen LogP contribution < -0.4 is 10.6 Å². The number of urea groups is 1. The van der Waals surface area contributed by atoms with Crippen molar-refractivity contribution in [2.45, 2.75) is 38.3 Å². The second-order valence-corrected chi connectivity index (χ2v) is 6.83. The number of fused-ring (bicyclic) bond motifs is 1. The van der Waals surface area contributed by atoms with E-state index in [1.165, 1.54) is 0 Å². The molecule has 2 N–H and O–H groups in total. The number of aryl methyl sites for hydroxylation is 1. The summed E-state index contributed by atoms with van der Waals surface area (Å²) in [5, 5.41) is 5.00. The Labute approximate surface area is 150 Å². The molecule has 2 aromatic rings. The van der Waals surface area contributed by atoms with Gasteiger partial charge in [0.15, 0.2) is 0 Å². The van der Waals surface area contributed by atoms with Crippen LogP contribution in [0.15, 0.2) is 24.3 Å². The lowest BCUT2D eigenvalue weighted by atomic mass is 9.87. The van der Waals surface area contributed by atoms with Gasteiger partial charge in [-0.25, -0.2) is 9.78 Å². The van der Waals surface area contributed by atoms with Gasteiger partial charge in [-0.3, -0.25) is 14.9 Å². The van der Waals surface area contributed by atoms with Crippen LogP contribution in [-0.2, 0) is 22.6 Å². The number of rotatable bonds is 3. The van der Waals surface area contributed by atoms with Crippen molar-refractivity contribution >= 4 is 28.9 Å². The minimum atomic E-state index is -0.857. The Morgan fingerprint density at radius 2 is 1.96 bits per heavy atom. The molecule has 1 aromatic heterocycles. The van der Waals surface area contributed by atoms with Gasteiger partial charge in [0.2, 0.25) is 5.91 Å². The molecule has 0 saturated carbocycles. The molecule has 0 radical (unpaired) electrons. The maximum atomic E-state index is 12.8. The highest BCUT2D eigenvalue weighted by Gasteiger charge is 2.48. The lowest BCUT2D eigenvalue weighted by Gasteiger charge is -2.37. The number of para-hydroxylation sites is 2. The fourth-order valence-corrected chi connectivity index (χ4v) is 3.82. The zero-order chi connectivity index (χ0) is 18.3. The van der Waals surface area contributed by atoms with E-state index in [2.05, 4.69) is 15.6 Å². The fourth-order valence-electron chi connectivity index (χ4n) is 3.82. The van der Waals surface area contributed by atoms with E-state index in [9.17, 15) is 14.4 Å². The van der Waals surface area contributed by atoms with Crippen molar-refractivity contribution in [1.82, 2.24) is 25.1 Å². The van der Waals surface area contributed by atoms with Gasteiger partial charge in [-0.15, -0.1) is 0 Å². The Kier molecular flexibility index (Phi) is 3.90. The maximum absolute atomic E-state index is 12.8. The lowest BCUT2D eigenvalue weighted by molar-refractivity contribution is -0.136. The largest absolute Gasteiger partial charge is 0.341 e. The van der Waals surface area contributed by atoms with Crippen molar-refractivity contribution in [3.8, 4) is 0 Å². The number of benzene rings is 1. The van der Waals surface area contributed by atoms with Crippen molar-refractivity contribution in [2.75, 3.05) is 13.1 Å². The van der Waals surface area contributed by atoms with Gasteiger partial charge in [-0.05, 0) is 25.0 Å². The molecular formula is C18H21N5O3. The summed E-state index contributed by atoms with van der Waals surface area (Å²) in [5.41, 5.74) is 0.984. The summed E-state index contributed by atoms with van der Waals surface area (Å²) in [4.78, 5) is 42.6. The van der Waals surface area contributed by atoms with E-state index in [1.807, 2.05) is 35.8 Å². The first-order valence-electron chi connectivity index (χ1n) is 8.88. The molecule has 0 unspecified atom stereocenters. The van der Waals surface area contributed by atoms with Gasteiger partial charge in [-0.2, -0.15) is 0 Å². The Hall–Kier alpha value is -2.90. The van der Waals surface area contributed by atoms with Crippen LogP contribution in [0, 0.1) is 0 Å². The van der Waals surface area contributed by atoms with Crippen LogP contribution in [0.3, 0.4) is 0 Å². The Bertz CT molecular complexity index is 895. The van der Waals surface area contributed by atoms with E-state index >= 15 is 0 Å². The lowest BCUT2D eigenvalue weighted by Crippen LogP contribution is -2.56. The third kappa shape index (κ3) is 2.61. The molecule has 3 heterocycles. The van der Waals surface area contributed by atoms with Crippen LogP contribution in [0.1, 0.15) is 25.6 Å². The second kappa shape index (κ2) is 6.12. The number of piperidine rings is 1. The first-order chi connectivity index (χ1) is 12.5. The summed E-state index contributed by atoms with van der Waals surface area (Å²) in [6, 6.07) is 7.34. The summed E-state index contributed by atoms with van der Waals surface area (Å²) in [7, 11) is 0. The maximum Gasteiger partial charge on any atom is 0.322 e. The van der Waals surface area contributed by atoms with Crippen LogP contribution in [0.25, 0.3) is 11.0 Å². The molecule has 0 atom stereocenters. The summed E-state index contributed by atoms with van der Waals surface area (Å²) < 4.78 is 1.96. The number of carbonyl (C=O) groups is 3. The number of amides is 4. The number of nitrogens with zero attached hydrogens (tertiary/aromatic N) is 3. The summed E-state index contributed by atoms with van der Waals surface area (Å²) >= 11 is 0. The fraction of sp³-hybridized carbons (Fsp3) is 0.444. The van der Waals surface area contributed by atoms with E-state index < -0.39 is 11.6 Å². The molecular weight excluding hydrogens is 334 g/mol. The van der Waals surface area contributed by atoms with Crippen molar-refractivity contribution in [2.24, 2.45) is 0 Å². The average molecular weight is 355 g/mol. The average Bonchev–Trinajstić information content (AvgIpc) is 3.12. The number of hydrogen-bond donors (Lipinski definition) is 2. The summed E-state index contributed by atoms with van der Waals surface area (Å²) in [5.74, 6) is 0.598. The number of nitrogens with one attached hydrogen (secondary N) is 2. The van der Waals surface area contributed by atoms with Crippen LogP contribution in [0.5, 0.6) is 0 Å².